The Hall–Kier alpha value is -1.60. The van der Waals surface area contributed by atoms with Crippen LogP contribution in [0.15, 0.2) is 18.2 Å². The van der Waals surface area contributed by atoms with Gasteiger partial charge in [-0.05, 0) is 32.0 Å². The van der Waals surface area contributed by atoms with E-state index < -0.39 is 0 Å². The molecule has 0 saturated heterocycles. The summed E-state index contributed by atoms with van der Waals surface area (Å²) in [5, 5.41) is 12.0. The maximum absolute atomic E-state index is 14.1. The zero-order valence-electron chi connectivity index (χ0n) is 11.9. The third-order valence-corrected chi connectivity index (χ3v) is 3.13. The SMILES string of the molecule is CCCNC(C)c1c(F)cccc1N(C)CCC#N. The number of hydrogen-bond donors (Lipinski definition) is 1. The molecule has 3 nitrogen and oxygen atoms in total. The van der Waals surface area contributed by atoms with Gasteiger partial charge in [0, 0.05) is 30.9 Å². The summed E-state index contributed by atoms with van der Waals surface area (Å²) in [5.41, 5.74) is 1.53. The minimum absolute atomic E-state index is 0.0410. The minimum Gasteiger partial charge on any atom is -0.373 e. The van der Waals surface area contributed by atoms with Crippen LogP contribution in [0.4, 0.5) is 10.1 Å². The second-order valence-electron chi connectivity index (χ2n) is 4.68. The average Bonchev–Trinajstić information content (AvgIpc) is 2.41. The molecule has 0 aliphatic rings. The highest BCUT2D eigenvalue weighted by Crippen LogP contribution is 2.28. The van der Waals surface area contributed by atoms with E-state index in [-0.39, 0.29) is 11.9 Å². The molecule has 19 heavy (non-hydrogen) atoms. The molecule has 0 amide bonds. The summed E-state index contributed by atoms with van der Waals surface area (Å²) >= 11 is 0. The van der Waals surface area contributed by atoms with E-state index in [4.69, 9.17) is 5.26 Å². The summed E-state index contributed by atoms with van der Waals surface area (Å²) in [7, 11) is 1.89. The Labute approximate surface area is 115 Å². The average molecular weight is 263 g/mol. The van der Waals surface area contributed by atoms with Crippen LogP contribution in [0.2, 0.25) is 0 Å². The van der Waals surface area contributed by atoms with E-state index in [9.17, 15) is 4.39 Å². The number of benzene rings is 1. The van der Waals surface area contributed by atoms with Crippen LogP contribution >= 0.6 is 0 Å². The molecule has 0 heterocycles. The van der Waals surface area contributed by atoms with Crippen molar-refractivity contribution in [2.24, 2.45) is 0 Å². The van der Waals surface area contributed by atoms with Crippen LogP contribution in [-0.2, 0) is 0 Å². The number of nitrogens with zero attached hydrogens (tertiary/aromatic N) is 2. The molecule has 1 aromatic carbocycles. The van der Waals surface area contributed by atoms with Crippen molar-refractivity contribution < 1.29 is 4.39 Å². The quantitative estimate of drug-likeness (QED) is 0.821. The maximum Gasteiger partial charge on any atom is 0.130 e. The van der Waals surface area contributed by atoms with Crippen LogP contribution in [0, 0.1) is 17.1 Å². The Kier molecular flexibility index (Phi) is 6.31. The molecule has 1 atom stereocenters. The van der Waals surface area contributed by atoms with Crippen molar-refractivity contribution in [2.45, 2.75) is 32.7 Å². The molecular formula is C15H22FN3. The van der Waals surface area contributed by atoms with Crippen molar-refractivity contribution in [3.63, 3.8) is 0 Å². The highest BCUT2D eigenvalue weighted by atomic mass is 19.1. The highest BCUT2D eigenvalue weighted by molar-refractivity contribution is 5.55. The third-order valence-electron chi connectivity index (χ3n) is 3.13. The Morgan fingerprint density at radius 3 is 2.84 bits per heavy atom. The molecule has 104 valence electrons. The van der Waals surface area contributed by atoms with Crippen LogP contribution in [-0.4, -0.2) is 20.1 Å². The largest absolute Gasteiger partial charge is 0.373 e. The standard InChI is InChI=1S/C15H22FN3/c1-4-10-18-12(2)15-13(16)7-5-8-14(15)19(3)11-6-9-17/h5,7-8,12,18H,4,6,10-11H2,1-3H3. The van der Waals surface area contributed by atoms with Crippen LogP contribution in [0.5, 0.6) is 0 Å². The molecule has 0 bridgehead atoms. The number of hydrogen-bond acceptors (Lipinski definition) is 3. The van der Waals surface area contributed by atoms with Gasteiger partial charge in [0.25, 0.3) is 0 Å². The van der Waals surface area contributed by atoms with Gasteiger partial charge in [-0.3, -0.25) is 0 Å². The van der Waals surface area contributed by atoms with E-state index in [1.807, 2.05) is 24.9 Å². The van der Waals surface area contributed by atoms with Crippen molar-refractivity contribution >= 4 is 5.69 Å². The van der Waals surface area contributed by atoms with Gasteiger partial charge in [-0.25, -0.2) is 4.39 Å². The predicted molar refractivity (Wildman–Crippen MR) is 76.6 cm³/mol. The van der Waals surface area contributed by atoms with E-state index in [1.165, 1.54) is 6.07 Å². The van der Waals surface area contributed by atoms with Gasteiger partial charge in [-0.15, -0.1) is 0 Å². The lowest BCUT2D eigenvalue weighted by Gasteiger charge is -2.25. The first kappa shape index (κ1) is 15.5. The first-order valence-electron chi connectivity index (χ1n) is 6.71. The molecule has 1 unspecified atom stereocenters. The van der Waals surface area contributed by atoms with Crippen molar-refractivity contribution in [3.8, 4) is 6.07 Å². The summed E-state index contributed by atoms with van der Waals surface area (Å²) in [6, 6.07) is 7.18. The summed E-state index contributed by atoms with van der Waals surface area (Å²) in [5.74, 6) is -0.197. The van der Waals surface area contributed by atoms with Gasteiger partial charge in [0.05, 0.1) is 12.5 Å². The van der Waals surface area contributed by atoms with Gasteiger partial charge in [-0.1, -0.05) is 13.0 Å². The Bertz CT molecular complexity index is 440. The van der Waals surface area contributed by atoms with Crippen molar-refractivity contribution in [3.05, 3.63) is 29.6 Å². The molecule has 1 N–H and O–H groups in total. The first-order valence-corrected chi connectivity index (χ1v) is 6.71. The van der Waals surface area contributed by atoms with Gasteiger partial charge in [0.15, 0.2) is 0 Å². The lowest BCUT2D eigenvalue weighted by atomic mass is 10.0. The molecule has 0 aliphatic carbocycles. The first-order chi connectivity index (χ1) is 9.11. The van der Waals surface area contributed by atoms with Gasteiger partial charge in [0.1, 0.15) is 5.82 Å². The lowest BCUT2D eigenvalue weighted by Crippen LogP contribution is -2.25. The molecular weight excluding hydrogens is 241 g/mol. The fourth-order valence-corrected chi connectivity index (χ4v) is 2.09. The van der Waals surface area contributed by atoms with E-state index in [0.29, 0.717) is 18.5 Å². The van der Waals surface area contributed by atoms with Crippen molar-refractivity contribution in [2.75, 3.05) is 25.0 Å². The molecule has 1 aromatic rings. The Morgan fingerprint density at radius 1 is 1.47 bits per heavy atom. The number of nitriles is 1. The number of nitrogens with one attached hydrogen (secondary N) is 1. The zero-order chi connectivity index (χ0) is 14.3. The molecule has 0 aliphatic heterocycles. The molecule has 0 fully saturated rings. The Balaban J connectivity index is 2.97. The molecule has 0 spiro atoms. The van der Waals surface area contributed by atoms with E-state index in [0.717, 1.165) is 18.7 Å². The molecule has 0 aromatic heterocycles. The normalized spacial score (nSPS) is 11.9. The fourth-order valence-electron chi connectivity index (χ4n) is 2.09. The van der Waals surface area contributed by atoms with Crippen LogP contribution in [0.1, 0.15) is 38.3 Å². The van der Waals surface area contributed by atoms with Crippen LogP contribution in [0.3, 0.4) is 0 Å². The summed E-state index contributed by atoms with van der Waals surface area (Å²) in [4.78, 5) is 1.94. The van der Waals surface area contributed by atoms with Gasteiger partial charge < -0.3 is 10.2 Å². The van der Waals surface area contributed by atoms with Crippen LogP contribution < -0.4 is 10.2 Å². The Morgan fingerprint density at radius 2 is 2.21 bits per heavy atom. The molecule has 0 saturated carbocycles. The molecule has 0 radical (unpaired) electrons. The van der Waals surface area contributed by atoms with Crippen LogP contribution in [0.25, 0.3) is 0 Å². The van der Waals surface area contributed by atoms with Gasteiger partial charge >= 0.3 is 0 Å². The number of rotatable bonds is 7. The van der Waals surface area contributed by atoms with Gasteiger partial charge in [-0.2, -0.15) is 5.26 Å². The van der Waals surface area contributed by atoms with E-state index in [2.05, 4.69) is 18.3 Å². The third kappa shape index (κ3) is 4.22. The minimum atomic E-state index is -0.197. The summed E-state index contributed by atoms with van der Waals surface area (Å²) < 4.78 is 14.1. The second-order valence-corrected chi connectivity index (χ2v) is 4.68. The summed E-state index contributed by atoms with van der Waals surface area (Å²) in [6.07, 6.45) is 1.45. The predicted octanol–water partition coefficient (Wildman–Crippen LogP) is 3.24. The number of anilines is 1. The second kappa shape index (κ2) is 7.75. The monoisotopic (exact) mass is 263 g/mol. The number of halogens is 1. The molecule has 1 rings (SSSR count). The molecule has 4 heteroatoms. The fraction of sp³-hybridized carbons (Fsp3) is 0.533. The van der Waals surface area contributed by atoms with E-state index in [1.54, 1.807) is 6.07 Å². The smallest absolute Gasteiger partial charge is 0.130 e. The van der Waals surface area contributed by atoms with Crippen molar-refractivity contribution in [1.82, 2.24) is 5.32 Å². The maximum atomic E-state index is 14.1. The topological polar surface area (TPSA) is 39.1 Å². The lowest BCUT2D eigenvalue weighted by molar-refractivity contribution is 0.527. The highest BCUT2D eigenvalue weighted by Gasteiger charge is 2.17. The summed E-state index contributed by atoms with van der Waals surface area (Å²) in [6.45, 7) is 5.51. The van der Waals surface area contributed by atoms with E-state index >= 15 is 0 Å². The zero-order valence-corrected chi connectivity index (χ0v) is 11.9. The van der Waals surface area contributed by atoms with Gasteiger partial charge in [0.2, 0.25) is 0 Å². The van der Waals surface area contributed by atoms with Crippen molar-refractivity contribution in [1.29, 1.82) is 5.26 Å².